The summed E-state index contributed by atoms with van der Waals surface area (Å²) in [5.41, 5.74) is 5.08. The number of rotatable bonds is 1. The Kier molecular flexibility index (Phi) is 3.87. The van der Waals surface area contributed by atoms with Gasteiger partial charge >= 0.3 is 6.18 Å². The lowest BCUT2D eigenvalue weighted by Crippen LogP contribution is -2.48. The van der Waals surface area contributed by atoms with Gasteiger partial charge in [-0.05, 0) is 31.0 Å². The van der Waals surface area contributed by atoms with Crippen LogP contribution >= 0.6 is 15.9 Å². The first-order valence-electron chi connectivity index (χ1n) is 5.74. The highest BCUT2D eigenvalue weighted by atomic mass is 79.9. The van der Waals surface area contributed by atoms with Gasteiger partial charge in [-0.2, -0.15) is 13.2 Å². The molecule has 0 bridgehead atoms. The van der Waals surface area contributed by atoms with Gasteiger partial charge in [-0.3, -0.25) is 4.79 Å². The summed E-state index contributed by atoms with van der Waals surface area (Å²) in [7, 11) is 0. The molecule has 1 heterocycles. The normalized spacial score (nSPS) is 20.8. The van der Waals surface area contributed by atoms with Crippen LogP contribution in [0, 0.1) is 0 Å². The molecule has 0 saturated carbocycles. The van der Waals surface area contributed by atoms with E-state index < -0.39 is 17.8 Å². The van der Waals surface area contributed by atoms with Gasteiger partial charge in [0.1, 0.15) is 0 Å². The maximum Gasteiger partial charge on any atom is 0.416 e. The topological polar surface area (TPSA) is 46.3 Å². The maximum atomic E-state index is 12.7. The Bertz CT molecular complexity index is 504. The second kappa shape index (κ2) is 5.13. The van der Waals surface area contributed by atoms with Gasteiger partial charge in [0.05, 0.1) is 11.6 Å². The Balaban J connectivity index is 2.39. The number of benzene rings is 1. The molecular formula is C12H12BrF3N2O. The van der Waals surface area contributed by atoms with Crippen LogP contribution in [0.5, 0.6) is 0 Å². The van der Waals surface area contributed by atoms with Crippen LogP contribution in [-0.4, -0.2) is 18.5 Å². The smallest absolute Gasteiger partial charge is 0.320 e. The molecule has 1 unspecified atom stereocenters. The second-order valence-corrected chi connectivity index (χ2v) is 5.35. The average molecular weight is 337 g/mol. The molecule has 1 aliphatic heterocycles. The summed E-state index contributed by atoms with van der Waals surface area (Å²) < 4.78 is 38.5. The number of carbonyl (C=O) groups is 1. The first-order valence-corrected chi connectivity index (χ1v) is 6.53. The first kappa shape index (κ1) is 14.3. The predicted molar refractivity (Wildman–Crippen MR) is 68.7 cm³/mol. The van der Waals surface area contributed by atoms with E-state index in [4.69, 9.17) is 5.73 Å². The lowest BCUT2D eigenvalue weighted by molar-refractivity contribution is -0.137. The molecule has 1 fully saturated rings. The fraction of sp³-hybridized carbons (Fsp3) is 0.417. The molecule has 104 valence electrons. The molecule has 1 aromatic rings. The Hall–Kier alpha value is -1.08. The zero-order valence-corrected chi connectivity index (χ0v) is 11.5. The summed E-state index contributed by atoms with van der Waals surface area (Å²) in [4.78, 5) is 13.2. The van der Waals surface area contributed by atoms with E-state index in [9.17, 15) is 18.0 Å². The van der Waals surface area contributed by atoms with Crippen molar-refractivity contribution in [3.05, 3.63) is 28.2 Å². The number of alkyl halides is 3. The molecule has 3 nitrogen and oxygen atoms in total. The molecule has 2 rings (SSSR count). The fourth-order valence-electron chi connectivity index (χ4n) is 2.05. The van der Waals surface area contributed by atoms with Crippen molar-refractivity contribution >= 4 is 27.5 Å². The van der Waals surface area contributed by atoms with Gasteiger partial charge in [0.2, 0.25) is 5.91 Å². The summed E-state index contributed by atoms with van der Waals surface area (Å²) in [6.07, 6.45) is -3.20. The third-order valence-electron chi connectivity index (χ3n) is 3.00. The molecule has 0 radical (unpaired) electrons. The van der Waals surface area contributed by atoms with Crippen molar-refractivity contribution in [2.24, 2.45) is 5.73 Å². The number of carbonyl (C=O) groups excluding carboxylic acids is 1. The molecule has 0 aromatic heterocycles. The Morgan fingerprint density at radius 2 is 2.00 bits per heavy atom. The van der Waals surface area contributed by atoms with Crippen LogP contribution in [0.3, 0.4) is 0 Å². The van der Waals surface area contributed by atoms with E-state index in [-0.39, 0.29) is 16.1 Å². The maximum absolute atomic E-state index is 12.7. The quantitative estimate of drug-likeness (QED) is 0.857. The zero-order valence-electron chi connectivity index (χ0n) is 9.88. The zero-order chi connectivity index (χ0) is 14.2. The van der Waals surface area contributed by atoms with Crippen LogP contribution in [0.2, 0.25) is 0 Å². The van der Waals surface area contributed by atoms with Crippen LogP contribution in [0.15, 0.2) is 22.7 Å². The molecule has 1 atom stereocenters. The lowest BCUT2D eigenvalue weighted by Gasteiger charge is -2.31. The summed E-state index contributed by atoms with van der Waals surface area (Å²) in [6.45, 7) is 0.389. The molecule has 0 aliphatic carbocycles. The first-order chi connectivity index (χ1) is 8.79. The van der Waals surface area contributed by atoms with Crippen LogP contribution in [0.4, 0.5) is 18.9 Å². The van der Waals surface area contributed by atoms with Crippen LogP contribution in [-0.2, 0) is 11.0 Å². The third kappa shape index (κ3) is 3.09. The number of hydrogen-bond donors (Lipinski definition) is 1. The van der Waals surface area contributed by atoms with Crippen molar-refractivity contribution in [1.82, 2.24) is 0 Å². The van der Waals surface area contributed by atoms with Crippen molar-refractivity contribution in [1.29, 1.82) is 0 Å². The van der Waals surface area contributed by atoms with Gasteiger partial charge < -0.3 is 10.6 Å². The van der Waals surface area contributed by atoms with Crippen molar-refractivity contribution in [2.75, 3.05) is 11.4 Å². The monoisotopic (exact) mass is 336 g/mol. The minimum atomic E-state index is -4.44. The molecule has 0 spiro atoms. The number of nitrogens with zero attached hydrogens (tertiary/aromatic N) is 1. The molecule has 19 heavy (non-hydrogen) atoms. The van der Waals surface area contributed by atoms with Crippen molar-refractivity contribution in [3.8, 4) is 0 Å². The molecule has 1 saturated heterocycles. The highest BCUT2D eigenvalue weighted by Gasteiger charge is 2.33. The van der Waals surface area contributed by atoms with E-state index in [2.05, 4.69) is 15.9 Å². The van der Waals surface area contributed by atoms with Gasteiger partial charge in [-0.15, -0.1) is 0 Å². The Morgan fingerprint density at radius 1 is 1.32 bits per heavy atom. The molecule has 7 heteroatoms. The van der Waals surface area contributed by atoms with Crippen LogP contribution in [0.1, 0.15) is 18.4 Å². The van der Waals surface area contributed by atoms with Crippen molar-refractivity contribution in [2.45, 2.75) is 25.1 Å². The number of halogens is 4. The second-order valence-electron chi connectivity index (χ2n) is 4.43. The van der Waals surface area contributed by atoms with Crippen LogP contribution < -0.4 is 10.6 Å². The largest absolute Gasteiger partial charge is 0.416 e. The van der Waals surface area contributed by atoms with E-state index in [1.165, 1.54) is 11.0 Å². The van der Waals surface area contributed by atoms with Gasteiger partial charge in [-0.25, -0.2) is 0 Å². The summed E-state index contributed by atoms with van der Waals surface area (Å²) in [5.74, 6) is -0.336. The fourth-order valence-corrected chi connectivity index (χ4v) is 2.53. The third-order valence-corrected chi connectivity index (χ3v) is 3.46. The Labute approximate surface area is 116 Å². The minimum absolute atomic E-state index is 0.224. The average Bonchev–Trinajstić information content (AvgIpc) is 2.31. The van der Waals surface area contributed by atoms with E-state index in [1.54, 1.807) is 0 Å². The highest BCUT2D eigenvalue weighted by Crippen LogP contribution is 2.35. The van der Waals surface area contributed by atoms with Gasteiger partial charge in [0.15, 0.2) is 0 Å². The highest BCUT2D eigenvalue weighted by molar-refractivity contribution is 9.10. The number of amides is 1. The summed E-state index contributed by atoms with van der Waals surface area (Å²) in [6, 6.07) is 2.81. The number of piperidine rings is 1. The lowest BCUT2D eigenvalue weighted by atomic mass is 10.0. The van der Waals surface area contributed by atoms with Crippen LogP contribution in [0.25, 0.3) is 0 Å². The number of anilines is 1. The van der Waals surface area contributed by atoms with E-state index in [0.717, 1.165) is 12.1 Å². The molecule has 1 aliphatic rings. The van der Waals surface area contributed by atoms with Crippen molar-refractivity contribution < 1.29 is 18.0 Å². The van der Waals surface area contributed by atoms with E-state index >= 15 is 0 Å². The minimum Gasteiger partial charge on any atom is -0.320 e. The summed E-state index contributed by atoms with van der Waals surface area (Å²) >= 11 is 3.04. The Morgan fingerprint density at radius 3 is 2.63 bits per heavy atom. The summed E-state index contributed by atoms with van der Waals surface area (Å²) in [5, 5.41) is 0. The molecule has 2 N–H and O–H groups in total. The molecule has 1 aromatic carbocycles. The number of nitrogens with two attached hydrogens (primary N) is 1. The van der Waals surface area contributed by atoms with Crippen molar-refractivity contribution in [3.63, 3.8) is 0 Å². The molecule has 1 amide bonds. The van der Waals surface area contributed by atoms with E-state index in [1.807, 2.05) is 0 Å². The number of hydrogen-bond acceptors (Lipinski definition) is 2. The van der Waals surface area contributed by atoms with E-state index in [0.29, 0.717) is 19.4 Å². The molecular weight excluding hydrogens is 325 g/mol. The van der Waals surface area contributed by atoms with Gasteiger partial charge in [0, 0.05) is 16.7 Å². The standard InChI is InChI=1S/C12H12BrF3N2O/c13-8-4-7(12(14,15)16)5-9(6-8)18-3-1-2-10(17)11(18)19/h4-6,10H,1-3,17H2. The SMILES string of the molecule is NC1CCCN(c2cc(Br)cc(C(F)(F)F)c2)C1=O. The van der Waals surface area contributed by atoms with Gasteiger partial charge in [0.25, 0.3) is 0 Å². The van der Waals surface area contributed by atoms with Gasteiger partial charge in [-0.1, -0.05) is 15.9 Å². The predicted octanol–water partition coefficient (Wildman–Crippen LogP) is 2.92.